The van der Waals surface area contributed by atoms with Gasteiger partial charge in [0.15, 0.2) is 5.11 Å². The molecule has 132 valence electrons. The number of hydrogen-bond donors (Lipinski definition) is 1. The van der Waals surface area contributed by atoms with Crippen LogP contribution in [0.4, 0.5) is 5.69 Å². The number of aryl methyl sites for hydroxylation is 1. The molecule has 25 heavy (non-hydrogen) atoms. The molecule has 0 aromatic heterocycles. The number of rotatable bonds is 4. The van der Waals surface area contributed by atoms with Crippen molar-refractivity contribution < 1.29 is 9.47 Å². The highest BCUT2D eigenvalue weighted by molar-refractivity contribution is 7.80. The van der Waals surface area contributed by atoms with Crippen molar-refractivity contribution in [3.05, 3.63) is 53.6 Å². The highest BCUT2D eigenvalue weighted by atomic mass is 32.1. The van der Waals surface area contributed by atoms with Crippen molar-refractivity contribution in [3.8, 4) is 11.5 Å². The fourth-order valence-corrected chi connectivity index (χ4v) is 3.66. The Balaban J connectivity index is 1.83. The van der Waals surface area contributed by atoms with Gasteiger partial charge in [0.1, 0.15) is 11.5 Å². The van der Waals surface area contributed by atoms with Crippen LogP contribution in [-0.2, 0) is 0 Å². The van der Waals surface area contributed by atoms with Crippen molar-refractivity contribution in [1.29, 1.82) is 0 Å². The number of benzene rings is 2. The lowest BCUT2D eigenvalue weighted by Crippen LogP contribution is -2.34. The number of nitrogens with zero attached hydrogens (tertiary/aromatic N) is 1. The lowest BCUT2D eigenvalue weighted by molar-refractivity contribution is 0.362. The van der Waals surface area contributed by atoms with E-state index in [1.165, 1.54) is 5.56 Å². The van der Waals surface area contributed by atoms with Crippen LogP contribution in [0, 0.1) is 6.92 Å². The molecule has 0 aliphatic carbocycles. The molecule has 1 saturated heterocycles. The molecule has 0 bridgehead atoms. The van der Waals surface area contributed by atoms with E-state index < -0.39 is 0 Å². The third-order valence-electron chi connectivity index (χ3n) is 4.70. The zero-order valence-corrected chi connectivity index (χ0v) is 15.7. The van der Waals surface area contributed by atoms with E-state index in [1.807, 2.05) is 24.3 Å². The molecule has 3 rings (SSSR count). The van der Waals surface area contributed by atoms with E-state index in [0.717, 1.165) is 47.2 Å². The van der Waals surface area contributed by atoms with Gasteiger partial charge in [0.05, 0.1) is 20.3 Å². The average molecular weight is 356 g/mol. The Morgan fingerprint density at radius 1 is 1.16 bits per heavy atom. The molecule has 0 amide bonds. The van der Waals surface area contributed by atoms with Gasteiger partial charge in [0.25, 0.3) is 0 Å². The van der Waals surface area contributed by atoms with Crippen LogP contribution in [-0.4, -0.2) is 30.8 Å². The first-order chi connectivity index (χ1) is 12.1. The van der Waals surface area contributed by atoms with Gasteiger partial charge in [-0.15, -0.1) is 0 Å². The second kappa shape index (κ2) is 7.74. The predicted molar refractivity (Wildman–Crippen MR) is 106 cm³/mol. The normalized spacial score (nSPS) is 16.6. The summed E-state index contributed by atoms with van der Waals surface area (Å²) in [6, 6.07) is 14.4. The Labute approximate surface area is 154 Å². The number of hydrogen-bond acceptors (Lipinski definition) is 3. The summed E-state index contributed by atoms with van der Waals surface area (Å²) in [4.78, 5) is 2.26. The first kappa shape index (κ1) is 17.5. The molecule has 2 aromatic rings. The van der Waals surface area contributed by atoms with E-state index in [-0.39, 0.29) is 6.04 Å². The van der Waals surface area contributed by atoms with Crippen molar-refractivity contribution >= 4 is 23.0 Å². The minimum atomic E-state index is 0.213. The maximum absolute atomic E-state index is 5.71. The average Bonchev–Trinajstić information content (AvgIpc) is 3.12. The molecular weight excluding hydrogens is 332 g/mol. The third kappa shape index (κ3) is 3.71. The van der Waals surface area contributed by atoms with Crippen LogP contribution in [0.5, 0.6) is 11.5 Å². The number of ether oxygens (including phenoxy) is 2. The van der Waals surface area contributed by atoms with Gasteiger partial charge < -0.3 is 19.7 Å². The summed E-state index contributed by atoms with van der Waals surface area (Å²) in [5, 5.41) is 4.16. The molecule has 2 aromatic carbocycles. The zero-order valence-electron chi connectivity index (χ0n) is 14.9. The Kier molecular flexibility index (Phi) is 5.43. The molecule has 5 heteroatoms. The molecule has 4 nitrogen and oxygen atoms in total. The predicted octanol–water partition coefficient (Wildman–Crippen LogP) is 4.55. The zero-order chi connectivity index (χ0) is 17.8. The van der Waals surface area contributed by atoms with Crippen LogP contribution < -0.4 is 14.8 Å². The van der Waals surface area contributed by atoms with E-state index in [1.54, 1.807) is 14.2 Å². The van der Waals surface area contributed by atoms with Crippen LogP contribution >= 0.6 is 12.2 Å². The maximum Gasteiger partial charge on any atom is 0.173 e. The van der Waals surface area contributed by atoms with Crippen LogP contribution in [0.3, 0.4) is 0 Å². The van der Waals surface area contributed by atoms with Crippen molar-refractivity contribution in [3.63, 3.8) is 0 Å². The minimum Gasteiger partial charge on any atom is -0.497 e. The first-order valence-electron chi connectivity index (χ1n) is 8.49. The molecule has 1 fully saturated rings. The summed E-state index contributed by atoms with van der Waals surface area (Å²) >= 11 is 5.71. The topological polar surface area (TPSA) is 33.7 Å². The molecule has 1 atom stereocenters. The van der Waals surface area contributed by atoms with Gasteiger partial charge >= 0.3 is 0 Å². The van der Waals surface area contributed by atoms with Crippen LogP contribution in [0.2, 0.25) is 0 Å². The molecule has 1 aliphatic heterocycles. The van der Waals surface area contributed by atoms with Gasteiger partial charge in [-0.05, 0) is 55.7 Å². The number of thiocarbonyl (C=S) groups is 1. The number of methoxy groups -OCH3 is 2. The minimum absolute atomic E-state index is 0.213. The number of anilines is 1. The second-order valence-electron chi connectivity index (χ2n) is 6.20. The van der Waals surface area contributed by atoms with E-state index in [2.05, 4.69) is 35.3 Å². The molecule has 0 spiro atoms. The molecule has 1 heterocycles. The van der Waals surface area contributed by atoms with Gasteiger partial charge in [0, 0.05) is 23.9 Å². The third-order valence-corrected chi connectivity index (χ3v) is 5.04. The van der Waals surface area contributed by atoms with E-state index >= 15 is 0 Å². The Bertz CT molecular complexity index is 763. The van der Waals surface area contributed by atoms with E-state index in [0.29, 0.717) is 0 Å². The van der Waals surface area contributed by atoms with Crippen LogP contribution in [0.25, 0.3) is 0 Å². The van der Waals surface area contributed by atoms with Gasteiger partial charge in [-0.25, -0.2) is 0 Å². The maximum atomic E-state index is 5.71. The van der Waals surface area contributed by atoms with E-state index in [4.69, 9.17) is 21.7 Å². The Morgan fingerprint density at radius 2 is 1.96 bits per heavy atom. The summed E-state index contributed by atoms with van der Waals surface area (Å²) in [5.41, 5.74) is 3.39. The fourth-order valence-electron chi connectivity index (χ4n) is 3.33. The Hall–Kier alpha value is -2.27. The van der Waals surface area contributed by atoms with Gasteiger partial charge in [-0.3, -0.25) is 0 Å². The molecule has 1 aliphatic rings. The lowest BCUT2D eigenvalue weighted by atomic mass is 10.0. The lowest BCUT2D eigenvalue weighted by Gasteiger charge is -2.29. The molecule has 1 N–H and O–H groups in total. The van der Waals surface area contributed by atoms with Gasteiger partial charge in [-0.1, -0.05) is 18.2 Å². The monoisotopic (exact) mass is 356 g/mol. The summed E-state index contributed by atoms with van der Waals surface area (Å²) < 4.78 is 10.9. The van der Waals surface area contributed by atoms with Crippen molar-refractivity contribution in [1.82, 2.24) is 4.90 Å². The standard InChI is InChI=1S/C20H24N2O2S/c1-14-7-4-5-8-17(14)21-20(25)22-12-6-9-18(22)16-11-10-15(23-2)13-19(16)24-3/h4-5,7-8,10-11,13,18H,6,9,12H2,1-3H3,(H,21,25)/t18-/m1/s1. The van der Waals surface area contributed by atoms with Gasteiger partial charge in [0.2, 0.25) is 0 Å². The highest BCUT2D eigenvalue weighted by Crippen LogP contribution is 2.39. The number of nitrogens with one attached hydrogen (secondary N) is 1. The first-order valence-corrected chi connectivity index (χ1v) is 8.90. The SMILES string of the molecule is COc1ccc([C@H]2CCCN2C(=S)Nc2ccccc2C)c(OC)c1. The smallest absolute Gasteiger partial charge is 0.173 e. The fraction of sp³-hybridized carbons (Fsp3) is 0.350. The molecular formula is C20H24N2O2S. The molecule has 0 radical (unpaired) electrons. The number of para-hydroxylation sites is 1. The Morgan fingerprint density at radius 3 is 2.68 bits per heavy atom. The largest absolute Gasteiger partial charge is 0.497 e. The summed E-state index contributed by atoms with van der Waals surface area (Å²) in [6.07, 6.45) is 2.16. The molecule has 0 saturated carbocycles. The summed E-state index contributed by atoms with van der Waals surface area (Å²) in [7, 11) is 3.36. The highest BCUT2D eigenvalue weighted by Gasteiger charge is 2.30. The van der Waals surface area contributed by atoms with Crippen LogP contribution in [0.1, 0.15) is 30.0 Å². The number of likely N-dealkylation sites (tertiary alicyclic amines) is 1. The van der Waals surface area contributed by atoms with E-state index in [9.17, 15) is 0 Å². The summed E-state index contributed by atoms with van der Waals surface area (Å²) in [5.74, 6) is 1.64. The van der Waals surface area contributed by atoms with Gasteiger partial charge in [-0.2, -0.15) is 0 Å². The van der Waals surface area contributed by atoms with Crippen molar-refractivity contribution in [2.75, 3.05) is 26.1 Å². The molecule has 0 unspecified atom stereocenters. The quantitative estimate of drug-likeness (QED) is 0.813. The van der Waals surface area contributed by atoms with Crippen molar-refractivity contribution in [2.24, 2.45) is 0 Å². The summed E-state index contributed by atoms with van der Waals surface area (Å²) in [6.45, 7) is 3.02. The van der Waals surface area contributed by atoms with Crippen molar-refractivity contribution in [2.45, 2.75) is 25.8 Å². The van der Waals surface area contributed by atoms with Crippen LogP contribution in [0.15, 0.2) is 42.5 Å². The second-order valence-corrected chi connectivity index (χ2v) is 6.59.